The number of rotatable bonds is 7. The number of hydrogen-bond donors (Lipinski definition) is 1. The molecule has 116 valence electrons. The summed E-state index contributed by atoms with van der Waals surface area (Å²) in [5, 5.41) is 2.70. The molecule has 0 aromatic heterocycles. The van der Waals surface area contributed by atoms with Crippen LogP contribution in [0.15, 0.2) is 54.6 Å². The molecule has 0 heterocycles. The fourth-order valence-electron chi connectivity index (χ4n) is 1.98. The molecule has 0 aliphatic carbocycles. The van der Waals surface area contributed by atoms with Gasteiger partial charge in [-0.05, 0) is 36.6 Å². The summed E-state index contributed by atoms with van der Waals surface area (Å²) in [4.78, 5) is 11.2. The molecule has 0 aliphatic heterocycles. The van der Waals surface area contributed by atoms with Crippen LogP contribution in [0, 0.1) is 0 Å². The van der Waals surface area contributed by atoms with Crippen LogP contribution < -0.4 is 10.1 Å². The summed E-state index contributed by atoms with van der Waals surface area (Å²) < 4.78 is 10.5. The van der Waals surface area contributed by atoms with Crippen LogP contribution in [-0.4, -0.2) is 19.2 Å². The van der Waals surface area contributed by atoms with Crippen molar-refractivity contribution in [2.24, 2.45) is 0 Å². The minimum Gasteiger partial charge on any atom is -0.489 e. The third-order valence-electron chi connectivity index (χ3n) is 3.13. The normalized spacial score (nSPS) is 10.0. The molecule has 0 saturated carbocycles. The lowest BCUT2D eigenvalue weighted by atomic mass is 10.1. The molecular weight excluding hydrogens is 278 g/mol. The fourth-order valence-corrected chi connectivity index (χ4v) is 1.98. The van der Waals surface area contributed by atoms with Crippen LogP contribution in [-0.2, 0) is 17.8 Å². The van der Waals surface area contributed by atoms with Gasteiger partial charge in [0.2, 0.25) is 0 Å². The fraction of sp³-hybridized carbons (Fsp3) is 0.278. The van der Waals surface area contributed by atoms with Gasteiger partial charge in [0.1, 0.15) is 12.4 Å². The Morgan fingerprint density at radius 3 is 2.41 bits per heavy atom. The van der Waals surface area contributed by atoms with Crippen molar-refractivity contribution in [1.29, 1.82) is 0 Å². The maximum absolute atomic E-state index is 11.2. The van der Waals surface area contributed by atoms with E-state index in [0.29, 0.717) is 19.8 Å². The summed E-state index contributed by atoms with van der Waals surface area (Å²) in [6.45, 7) is 3.29. The number of amides is 1. The SMILES string of the molecule is CCOC(=O)NCCc1ccc(OCc2ccccc2)cc1. The Morgan fingerprint density at radius 1 is 1.00 bits per heavy atom. The minimum absolute atomic E-state index is 0.370. The van der Waals surface area contributed by atoms with Gasteiger partial charge in [0.15, 0.2) is 0 Å². The van der Waals surface area contributed by atoms with Crippen molar-refractivity contribution in [2.75, 3.05) is 13.2 Å². The van der Waals surface area contributed by atoms with Gasteiger partial charge in [0, 0.05) is 6.54 Å². The molecule has 0 atom stereocenters. The van der Waals surface area contributed by atoms with E-state index in [1.807, 2.05) is 54.6 Å². The van der Waals surface area contributed by atoms with Crippen molar-refractivity contribution in [2.45, 2.75) is 20.0 Å². The van der Waals surface area contributed by atoms with Gasteiger partial charge < -0.3 is 14.8 Å². The highest BCUT2D eigenvalue weighted by Gasteiger charge is 2.00. The molecule has 0 unspecified atom stereocenters. The Morgan fingerprint density at radius 2 is 1.73 bits per heavy atom. The van der Waals surface area contributed by atoms with Crippen molar-refractivity contribution in [3.8, 4) is 5.75 Å². The predicted octanol–water partition coefficient (Wildman–Crippen LogP) is 3.55. The van der Waals surface area contributed by atoms with E-state index in [9.17, 15) is 4.79 Å². The molecule has 0 saturated heterocycles. The maximum Gasteiger partial charge on any atom is 0.407 e. The summed E-state index contributed by atoms with van der Waals surface area (Å²) in [5.74, 6) is 0.839. The van der Waals surface area contributed by atoms with E-state index >= 15 is 0 Å². The van der Waals surface area contributed by atoms with E-state index in [1.54, 1.807) is 6.92 Å². The topological polar surface area (TPSA) is 47.6 Å². The first-order valence-electron chi connectivity index (χ1n) is 7.44. The quantitative estimate of drug-likeness (QED) is 0.850. The van der Waals surface area contributed by atoms with Gasteiger partial charge in [-0.3, -0.25) is 0 Å². The van der Waals surface area contributed by atoms with E-state index in [-0.39, 0.29) is 6.09 Å². The van der Waals surface area contributed by atoms with Gasteiger partial charge in [0.05, 0.1) is 6.61 Å². The lowest BCUT2D eigenvalue weighted by Gasteiger charge is -2.08. The van der Waals surface area contributed by atoms with Crippen molar-refractivity contribution in [3.05, 3.63) is 65.7 Å². The van der Waals surface area contributed by atoms with E-state index in [4.69, 9.17) is 9.47 Å². The Bertz CT molecular complexity index is 567. The molecule has 0 bridgehead atoms. The van der Waals surface area contributed by atoms with Crippen LogP contribution in [0.5, 0.6) is 5.75 Å². The average molecular weight is 299 g/mol. The number of nitrogens with one attached hydrogen (secondary N) is 1. The lowest BCUT2D eigenvalue weighted by molar-refractivity contribution is 0.152. The molecule has 2 rings (SSSR count). The van der Waals surface area contributed by atoms with Crippen molar-refractivity contribution in [3.63, 3.8) is 0 Å². The van der Waals surface area contributed by atoms with Crippen molar-refractivity contribution < 1.29 is 14.3 Å². The molecule has 2 aromatic carbocycles. The Balaban J connectivity index is 1.74. The molecule has 4 nitrogen and oxygen atoms in total. The van der Waals surface area contributed by atoms with Crippen LogP contribution in [0.4, 0.5) is 4.79 Å². The second kappa shape index (κ2) is 8.72. The zero-order valence-corrected chi connectivity index (χ0v) is 12.7. The van der Waals surface area contributed by atoms with E-state index in [1.165, 1.54) is 0 Å². The van der Waals surface area contributed by atoms with Crippen LogP contribution in [0.25, 0.3) is 0 Å². The Kier molecular flexibility index (Phi) is 6.30. The van der Waals surface area contributed by atoms with Gasteiger partial charge in [-0.2, -0.15) is 0 Å². The molecule has 2 aromatic rings. The van der Waals surface area contributed by atoms with Crippen molar-refractivity contribution >= 4 is 6.09 Å². The smallest absolute Gasteiger partial charge is 0.407 e. The molecule has 22 heavy (non-hydrogen) atoms. The summed E-state index contributed by atoms with van der Waals surface area (Å²) >= 11 is 0. The predicted molar refractivity (Wildman–Crippen MR) is 85.9 cm³/mol. The maximum atomic E-state index is 11.2. The van der Waals surface area contributed by atoms with E-state index in [2.05, 4.69) is 5.32 Å². The number of benzene rings is 2. The largest absolute Gasteiger partial charge is 0.489 e. The second-order valence-corrected chi connectivity index (χ2v) is 4.82. The molecule has 1 amide bonds. The monoisotopic (exact) mass is 299 g/mol. The molecule has 0 spiro atoms. The standard InChI is InChI=1S/C18H21NO3/c1-2-21-18(20)19-13-12-15-8-10-17(11-9-15)22-14-16-6-4-3-5-7-16/h3-11H,2,12-14H2,1H3,(H,19,20). The molecule has 0 aliphatic rings. The number of hydrogen-bond acceptors (Lipinski definition) is 3. The number of carbonyl (C=O) groups is 1. The van der Waals surface area contributed by atoms with Gasteiger partial charge in [-0.25, -0.2) is 4.79 Å². The summed E-state index contributed by atoms with van der Waals surface area (Å²) in [5.41, 5.74) is 2.29. The van der Waals surface area contributed by atoms with Gasteiger partial charge in [-0.1, -0.05) is 42.5 Å². The molecule has 0 fully saturated rings. The minimum atomic E-state index is -0.370. The molecular formula is C18H21NO3. The second-order valence-electron chi connectivity index (χ2n) is 4.82. The zero-order valence-electron chi connectivity index (χ0n) is 12.7. The highest BCUT2D eigenvalue weighted by molar-refractivity contribution is 5.67. The molecule has 4 heteroatoms. The molecule has 1 N–H and O–H groups in total. The zero-order chi connectivity index (χ0) is 15.6. The first-order chi connectivity index (χ1) is 10.8. The van der Waals surface area contributed by atoms with Gasteiger partial charge in [0.25, 0.3) is 0 Å². The Labute approximate surface area is 131 Å². The number of alkyl carbamates (subject to hydrolysis) is 1. The van der Waals surface area contributed by atoms with Gasteiger partial charge in [-0.15, -0.1) is 0 Å². The lowest BCUT2D eigenvalue weighted by Crippen LogP contribution is -2.26. The highest BCUT2D eigenvalue weighted by Crippen LogP contribution is 2.14. The highest BCUT2D eigenvalue weighted by atomic mass is 16.5. The van der Waals surface area contributed by atoms with E-state index in [0.717, 1.165) is 23.3 Å². The summed E-state index contributed by atoms with van der Waals surface area (Å²) in [7, 11) is 0. The van der Waals surface area contributed by atoms with Crippen LogP contribution in [0.3, 0.4) is 0 Å². The number of ether oxygens (including phenoxy) is 2. The van der Waals surface area contributed by atoms with Crippen LogP contribution in [0.1, 0.15) is 18.1 Å². The van der Waals surface area contributed by atoms with Crippen LogP contribution in [0.2, 0.25) is 0 Å². The van der Waals surface area contributed by atoms with Crippen molar-refractivity contribution in [1.82, 2.24) is 5.32 Å². The third kappa shape index (κ3) is 5.48. The third-order valence-corrected chi connectivity index (χ3v) is 3.13. The first kappa shape index (κ1) is 15.9. The number of carbonyl (C=O) groups excluding carboxylic acids is 1. The van der Waals surface area contributed by atoms with Gasteiger partial charge >= 0.3 is 6.09 Å². The Hall–Kier alpha value is -2.49. The summed E-state index contributed by atoms with van der Waals surface area (Å²) in [6, 6.07) is 18.0. The van der Waals surface area contributed by atoms with Crippen LogP contribution >= 0.6 is 0 Å². The molecule has 0 radical (unpaired) electrons. The summed E-state index contributed by atoms with van der Waals surface area (Å²) in [6.07, 6.45) is 0.392. The van der Waals surface area contributed by atoms with E-state index < -0.39 is 0 Å². The first-order valence-corrected chi connectivity index (χ1v) is 7.44. The average Bonchev–Trinajstić information content (AvgIpc) is 2.55.